The van der Waals surface area contributed by atoms with E-state index in [9.17, 15) is 13.2 Å². The molecular formula is C26H43F3O3. The summed E-state index contributed by atoms with van der Waals surface area (Å²) in [5.74, 6) is -5.54. The monoisotopic (exact) mass is 460 g/mol. The minimum atomic E-state index is -1.46. The van der Waals surface area contributed by atoms with Crippen molar-refractivity contribution in [2.24, 2.45) is 5.92 Å². The molecule has 0 aliphatic heterocycles. The Morgan fingerprint density at radius 2 is 1.16 bits per heavy atom. The second-order valence-electron chi connectivity index (χ2n) is 9.43. The van der Waals surface area contributed by atoms with E-state index in [4.69, 9.17) is 14.2 Å². The van der Waals surface area contributed by atoms with Crippen LogP contribution in [0, 0.1) is 23.4 Å². The molecule has 3 nitrogen and oxygen atoms in total. The van der Waals surface area contributed by atoms with Crippen LogP contribution >= 0.6 is 0 Å². The summed E-state index contributed by atoms with van der Waals surface area (Å²) < 4.78 is 60.2. The Morgan fingerprint density at radius 1 is 0.719 bits per heavy atom. The predicted molar refractivity (Wildman–Crippen MR) is 123 cm³/mol. The van der Waals surface area contributed by atoms with Crippen molar-refractivity contribution in [3.8, 4) is 0 Å². The summed E-state index contributed by atoms with van der Waals surface area (Å²) in [5, 5.41) is 0. The molecule has 0 bridgehead atoms. The number of benzene rings is 1. The van der Waals surface area contributed by atoms with Gasteiger partial charge in [-0.05, 0) is 72.1 Å². The van der Waals surface area contributed by atoms with Gasteiger partial charge < -0.3 is 14.2 Å². The second kappa shape index (κ2) is 14.2. The maximum absolute atomic E-state index is 13.9. The molecule has 0 fully saturated rings. The molecule has 32 heavy (non-hydrogen) atoms. The van der Waals surface area contributed by atoms with E-state index < -0.39 is 23.4 Å². The maximum atomic E-state index is 13.9. The van der Waals surface area contributed by atoms with E-state index in [0.717, 1.165) is 31.4 Å². The van der Waals surface area contributed by atoms with Crippen LogP contribution in [-0.4, -0.2) is 24.3 Å². The number of ether oxygens (including phenoxy) is 3. The van der Waals surface area contributed by atoms with Gasteiger partial charge in [0.15, 0.2) is 17.5 Å². The van der Waals surface area contributed by atoms with Crippen LogP contribution < -0.4 is 0 Å². The largest absolute Gasteiger partial charge is 0.324 e. The fourth-order valence-electron chi connectivity index (χ4n) is 3.94. The summed E-state index contributed by atoms with van der Waals surface area (Å²) >= 11 is 0. The summed E-state index contributed by atoms with van der Waals surface area (Å²) in [6, 6.07) is 2.11. The SMILES string of the molecule is CCCCCCCCC(Cc1cc(F)c(F)c(F)c1)C(OC(C)C)(OC(C)C)OC(C)C. The molecule has 0 aliphatic rings. The highest BCUT2D eigenvalue weighted by molar-refractivity contribution is 5.20. The van der Waals surface area contributed by atoms with Crippen LogP contribution in [0.5, 0.6) is 0 Å². The van der Waals surface area contributed by atoms with Crippen LogP contribution in [0.4, 0.5) is 13.2 Å². The van der Waals surface area contributed by atoms with E-state index in [0.29, 0.717) is 12.0 Å². The number of unbranched alkanes of at least 4 members (excludes halogenated alkanes) is 5. The van der Waals surface area contributed by atoms with E-state index in [1.54, 1.807) is 0 Å². The van der Waals surface area contributed by atoms with Crippen molar-refractivity contribution in [2.75, 3.05) is 0 Å². The third kappa shape index (κ3) is 9.80. The van der Waals surface area contributed by atoms with Crippen LogP contribution in [0.3, 0.4) is 0 Å². The molecule has 6 heteroatoms. The molecule has 1 aromatic carbocycles. The average molecular weight is 461 g/mol. The molecule has 0 radical (unpaired) electrons. The molecule has 1 atom stereocenters. The van der Waals surface area contributed by atoms with Crippen molar-refractivity contribution < 1.29 is 27.4 Å². The van der Waals surface area contributed by atoms with Gasteiger partial charge in [0.1, 0.15) is 0 Å². The molecule has 0 aromatic heterocycles. The van der Waals surface area contributed by atoms with Crippen molar-refractivity contribution in [1.29, 1.82) is 0 Å². The summed E-state index contributed by atoms with van der Waals surface area (Å²) in [7, 11) is 0. The molecule has 0 aliphatic carbocycles. The lowest BCUT2D eigenvalue weighted by molar-refractivity contribution is -0.432. The van der Waals surface area contributed by atoms with Gasteiger partial charge in [0.25, 0.3) is 5.97 Å². The van der Waals surface area contributed by atoms with Crippen LogP contribution in [0.1, 0.15) is 99.0 Å². The lowest BCUT2D eigenvalue weighted by atomic mass is 9.90. The van der Waals surface area contributed by atoms with Crippen molar-refractivity contribution in [3.63, 3.8) is 0 Å². The summed E-state index contributed by atoms with van der Waals surface area (Å²) in [6.45, 7) is 13.6. The Kier molecular flexibility index (Phi) is 12.8. The van der Waals surface area contributed by atoms with Gasteiger partial charge in [-0.25, -0.2) is 13.2 Å². The van der Waals surface area contributed by atoms with Gasteiger partial charge in [-0.2, -0.15) is 0 Å². The zero-order valence-electron chi connectivity index (χ0n) is 21.0. The van der Waals surface area contributed by atoms with Gasteiger partial charge in [-0.1, -0.05) is 45.4 Å². The first-order chi connectivity index (χ1) is 15.0. The Bertz CT molecular complexity index is 612. The average Bonchev–Trinajstić information content (AvgIpc) is 2.66. The fraction of sp³-hybridized carbons (Fsp3) is 0.769. The van der Waals surface area contributed by atoms with Gasteiger partial charge in [-0.3, -0.25) is 0 Å². The van der Waals surface area contributed by atoms with Gasteiger partial charge in [-0.15, -0.1) is 0 Å². The highest BCUT2D eigenvalue weighted by atomic mass is 19.2. The van der Waals surface area contributed by atoms with Gasteiger partial charge in [0.05, 0.1) is 18.3 Å². The lowest BCUT2D eigenvalue weighted by Crippen LogP contribution is -2.51. The molecule has 0 amide bonds. The standard InChI is InChI=1S/C26H43F3O3/c1-8-9-10-11-12-13-14-22(15-21-16-23(27)25(29)24(28)17-21)26(30-18(2)3,31-19(4)5)32-20(6)7/h16-20,22H,8-15H2,1-7H3. The smallest absolute Gasteiger partial charge is 0.286 e. The highest BCUT2D eigenvalue weighted by Crippen LogP contribution is 2.37. The summed E-state index contributed by atoms with van der Waals surface area (Å²) in [6.07, 6.45) is 7.03. The molecule has 186 valence electrons. The zero-order chi connectivity index (χ0) is 24.3. The maximum Gasteiger partial charge on any atom is 0.286 e. The minimum absolute atomic E-state index is 0.193. The van der Waals surface area contributed by atoms with Crippen LogP contribution in [0.2, 0.25) is 0 Å². The quantitative estimate of drug-likeness (QED) is 0.142. The zero-order valence-corrected chi connectivity index (χ0v) is 21.0. The molecular weight excluding hydrogens is 417 g/mol. The number of hydrogen-bond acceptors (Lipinski definition) is 3. The first kappa shape index (κ1) is 28.9. The third-order valence-corrected chi connectivity index (χ3v) is 5.13. The van der Waals surface area contributed by atoms with Gasteiger partial charge >= 0.3 is 0 Å². The molecule has 0 spiro atoms. The number of halogens is 3. The van der Waals surface area contributed by atoms with Crippen LogP contribution in [-0.2, 0) is 20.6 Å². The molecule has 0 N–H and O–H groups in total. The molecule has 0 saturated heterocycles. The predicted octanol–water partition coefficient (Wildman–Crippen LogP) is 7.94. The molecule has 1 rings (SSSR count). The van der Waals surface area contributed by atoms with Crippen molar-refractivity contribution in [1.82, 2.24) is 0 Å². The van der Waals surface area contributed by atoms with Crippen LogP contribution in [0.15, 0.2) is 12.1 Å². The van der Waals surface area contributed by atoms with Gasteiger partial charge in [0, 0.05) is 5.92 Å². The lowest BCUT2D eigenvalue weighted by Gasteiger charge is -2.43. The van der Waals surface area contributed by atoms with E-state index in [1.807, 2.05) is 41.5 Å². The minimum Gasteiger partial charge on any atom is -0.324 e. The topological polar surface area (TPSA) is 27.7 Å². The molecule has 0 saturated carbocycles. The normalized spacial score (nSPS) is 13.5. The third-order valence-electron chi connectivity index (χ3n) is 5.13. The second-order valence-corrected chi connectivity index (χ2v) is 9.43. The first-order valence-corrected chi connectivity index (χ1v) is 12.2. The summed E-state index contributed by atoms with van der Waals surface area (Å²) in [5.41, 5.74) is 0.355. The van der Waals surface area contributed by atoms with Gasteiger partial charge in [0.2, 0.25) is 0 Å². The van der Waals surface area contributed by atoms with Crippen LogP contribution in [0.25, 0.3) is 0 Å². The van der Waals surface area contributed by atoms with E-state index in [1.165, 1.54) is 19.3 Å². The van der Waals surface area contributed by atoms with Crippen molar-refractivity contribution in [3.05, 3.63) is 35.1 Å². The van der Waals surface area contributed by atoms with E-state index >= 15 is 0 Å². The Hall–Kier alpha value is -1.11. The van der Waals surface area contributed by atoms with E-state index in [2.05, 4.69) is 6.92 Å². The van der Waals surface area contributed by atoms with E-state index in [-0.39, 0.29) is 30.7 Å². The molecule has 1 aromatic rings. The molecule has 1 unspecified atom stereocenters. The molecule has 0 heterocycles. The first-order valence-electron chi connectivity index (χ1n) is 12.2. The summed E-state index contributed by atoms with van der Waals surface area (Å²) in [4.78, 5) is 0. The Balaban J connectivity index is 3.26. The number of rotatable bonds is 16. The Labute approximate surface area is 193 Å². The highest BCUT2D eigenvalue weighted by Gasteiger charge is 2.45. The number of hydrogen-bond donors (Lipinski definition) is 0. The fourth-order valence-corrected chi connectivity index (χ4v) is 3.94. The Morgan fingerprint density at radius 3 is 1.59 bits per heavy atom. The van der Waals surface area contributed by atoms with Crippen molar-refractivity contribution in [2.45, 2.75) is 124 Å². The van der Waals surface area contributed by atoms with Crippen molar-refractivity contribution >= 4 is 0 Å².